The van der Waals surface area contributed by atoms with Crippen molar-refractivity contribution in [1.82, 2.24) is 5.32 Å². The number of hydrogen-bond donors (Lipinski definition) is 1. The quantitative estimate of drug-likeness (QED) is 0.360. The number of rotatable bonds is 8. The van der Waals surface area contributed by atoms with Crippen molar-refractivity contribution < 1.29 is 23.4 Å². The van der Waals surface area contributed by atoms with Gasteiger partial charge in [0.05, 0.1) is 19.4 Å². The smallest absolute Gasteiger partial charge is 0.281 e. The minimum atomic E-state index is -0.443. The second-order valence-electron chi connectivity index (χ2n) is 7.32. The van der Waals surface area contributed by atoms with Crippen LogP contribution < -0.4 is 24.4 Å². The molecule has 174 valence electrons. The standard InChI is InChI=1S/C26H23FN2O4S/c1-3-32-24-11-7-5-9-21(24)29-25(30)20(28-26(29)34)15-17-12-13-22(31-2)18(14-17)16-33-23-10-6-4-8-19(23)27/h4-15H,3,16H2,1-2H3,(H,28,34)/b20-15+. The van der Waals surface area contributed by atoms with E-state index in [1.165, 1.54) is 11.0 Å². The van der Waals surface area contributed by atoms with E-state index in [0.717, 1.165) is 5.56 Å². The van der Waals surface area contributed by atoms with E-state index < -0.39 is 5.82 Å². The van der Waals surface area contributed by atoms with Crippen molar-refractivity contribution in [3.8, 4) is 17.2 Å². The molecule has 0 bridgehead atoms. The lowest BCUT2D eigenvalue weighted by atomic mass is 10.1. The minimum Gasteiger partial charge on any atom is -0.496 e. The molecule has 8 heteroatoms. The highest BCUT2D eigenvalue weighted by Crippen LogP contribution is 2.32. The number of carbonyl (C=O) groups is 1. The molecular formula is C26H23FN2O4S. The van der Waals surface area contributed by atoms with Crippen molar-refractivity contribution in [2.45, 2.75) is 13.5 Å². The van der Waals surface area contributed by atoms with E-state index in [9.17, 15) is 9.18 Å². The van der Waals surface area contributed by atoms with Crippen molar-refractivity contribution in [3.63, 3.8) is 0 Å². The molecule has 1 aliphatic rings. The molecule has 1 N–H and O–H groups in total. The molecule has 6 nitrogen and oxygen atoms in total. The topological polar surface area (TPSA) is 60.0 Å². The van der Waals surface area contributed by atoms with E-state index in [2.05, 4.69) is 5.32 Å². The maximum absolute atomic E-state index is 13.9. The van der Waals surface area contributed by atoms with Gasteiger partial charge in [-0.25, -0.2) is 9.29 Å². The maximum Gasteiger partial charge on any atom is 0.281 e. The van der Waals surface area contributed by atoms with Crippen molar-refractivity contribution in [1.29, 1.82) is 0 Å². The minimum absolute atomic E-state index is 0.0920. The summed E-state index contributed by atoms with van der Waals surface area (Å²) in [5.74, 6) is 0.571. The first-order valence-electron chi connectivity index (χ1n) is 10.6. The largest absolute Gasteiger partial charge is 0.496 e. The lowest BCUT2D eigenvalue weighted by Gasteiger charge is -2.18. The summed E-state index contributed by atoms with van der Waals surface area (Å²) in [5.41, 5.74) is 2.32. The van der Waals surface area contributed by atoms with Crippen LogP contribution in [0.3, 0.4) is 0 Å². The Kier molecular flexibility index (Phi) is 7.08. The fourth-order valence-electron chi connectivity index (χ4n) is 3.56. The molecule has 3 aromatic carbocycles. The van der Waals surface area contributed by atoms with E-state index in [-0.39, 0.29) is 23.4 Å². The summed E-state index contributed by atoms with van der Waals surface area (Å²) in [7, 11) is 1.55. The summed E-state index contributed by atoms with van der Waals surface area (Å²) in [4.78, 5) is 14.6. The molecule has 0 aromatic heterocycles. The third kappa shape index (κ3) is 4.87. The van der Waals surface area contributed by atoms with Gasteiger partial charge in [-0.3, -0.25) is 4.79 Å². The lowest BCUT2D eigenvalue weighted by Crippen LogP contribution is -2.30. The van der Waals surface area contributed by atoms with Gasteiger partial charge in [0.15, 0.2) is 16.7 Å². The van der Waals surface area contributed by atoms with E-state index >= 15 is 0 Å². The number of ether oxygens (including phenoxy) is 3. The van der Waals surface area contributed by atoms with Crippen LogP contribution in [0.1, 0.15) is 18.1 Å². The van der Waals surface area contributed by atoms with Gasteiger partial charge in [0.1, 0.15) is 23.8 Å². The van der Waals surface area contributed by atoms with E-state index in [1.807, 2.05) is 31.2 Å². The van der Waals surface area contributed by atoms with Crippen LogP contribution >= 0.6 is 12.2 Å². The lowest BCUT2D eigenvalue weighted by molar-refractivity contribution is -0.113. The summed E-state index contributed by atoms with van der Waals surface area (Å²) in [6, 6.07) is 18.8. The number of hydrogen-bond acceptors (Lipinski definition) is 5. The first-order valence-corrected chi connectivity index (χ1v) is 11.1. The Bertz CT molecular complexity index is 1260. The van der Waals surface area contributed by atoms with Gasteiger partial charge in [0, 0.05) is 5.56 Å². The molecule has 0 radical (unpaired) electrons. The number of para-hydroxylation sites is 3. The van der Waals surface area contributed by atoms with Gasteiger partial charge in [-0.2, -0.15) is 0 Å². The van der Waals surface area contributed by atoms with Crippen LogP contribution in [0, 0.1) is 5.82 Å². The van der Waals surface area contributed by atoms with Crippen LogP contribution in [-0.2, 0) is 11.4 Å². The van der Waals surface area contributed by atoms with E-state index in [4.69, 9.17) is 26.4 Å². The predicted octanol–water partition coefficient (Wildman–Crippen LogP) is 5.07. The van der Waals surface area contributed by atoms with Gasteiger partial charge >= 0.3 is 0 Å². The molecule has 1 aliphatic heterocycles. The Balaban J connectivity index is 1.59. The second-order valence-corrected chi connectivity index (χ2v) is 7.71. The van der Waals surface area contributed by atoms with Crippen molar-refractivity contribution >= 4 is 35.0 Å². The van der Waals surface area contributed by atoms with Gasteiger partial charge in [0.2, 0.25) is 0 Å². The maximum atomic E-state index is 13.9. The van der Waals surface area contributed by atoms with E-state index in [0.29, 0.717) is 35.1 Å². The van der Waals surface area contributed by atoms with Crippen LogP contribution in [0.2, 0.25) is 0 Å². The van der Waals surface area contributed by atoms with Gasteiger partial charge in [-0.15, -0.1) is 0 Å². The normalized spacial score (nSPS) is 14.3. The Morgan fingerprint density at radius 2 is 1.74 bits per heavy atom. The molecule has 3 aromatic rings. The van der Waals surface area contributed by atoms with Crippen LogP contribution in [0.5, 0.6) is 17.2 Å². The highest BCUT2D eigenvalue weighted by atomic mass is 32.1. The summed E-state index contributed by atoms with van der Waals surface area (Å²) in [5, 5.41) is 3.25. The van der Waals surface area contributed by atoms with Crippen molar-refractivity contribution in [2.24, 2.45) is 0 Å². The zero-order valence-corrected chi connectivity index (χ0v) is 19.5. The summed E-state index contributed by atoms with van der Waals surface area (Å²) < 4.78 is 30.6. The number of nitrogens with zero attached hydrogens (tertiary/aromatic N) is 1. The molecule has 34 heavy (non-hydrogen) atoms. The molecule has 0 spiro atoms. The zero-order chi connectivity index (χ0) is 24.1. The van der Waals surface area contributed by atoms with Crippen LogP contribution in [0.15, 0.2) is 72.4 Å². The molecule has 0 unspecified atom stereocenters. The first-order chi connectivity index (χ1) is 16.5. The fourth-order valence-corrected chi connectivity index (χ4v) is 3.85. The molecule has 0 saturated carbocycles. The van der Waals surface area contributed by atoms with Crippen LogP contribution in [0.4, 0.5) is 10.1 Å². The second kappa shape index (κ2) is 10.4. The Hall–Kier alpha value is -3.91. The number of carbonyl (C=O) groups excluding carboxylic acids is 1. The molecule has 4 rings (SSSR count). The average molecular weight is 479 g/mol. The number of thiocarbonyl (C=S) groups is 1. The highest BCUT2D eigenvalue weighted by molar-refractivity contribution is 7.80. The Morgan fingerprint density at radius 3 is 2.47 bits per heavy atom. The fraction of sp³-hybridized carbons (Fsp3) is 0.154. The van der Waals surface area contributed by atoms with Crippen LogP contribution in [0.25, 0.3) is 6.08 Å². The molecule has 1 saturated heterocycles. The monoisotopic (exact) mass is 478 g/mol. The van der Waals surface area contributed by atoms with Crippen molar-refractivity contribution in [3.05, 3.63) is 89.4 Å². The van der Waals surface area contributed by atoms with Crippen molar-refractivity contribution in [2.75, 3.05) is 18.6 Å². The number of methoxy groups -OCH3 is 1. The Labute approximate surface area is 202 Å². The van der Waals surface area contributed by atoms with Gasteiger partial charge in [0.25, 0.3) is 5.91 Å². The number of nitrogens with one attached hydrogen (secondary N) is 1. The van der Waals surface area contributed by atoms with Gasteiger partial charge in [-0.05, 0) is 67.2 Å². The Morgan fingerprint density at radius 1 is 1.00 bits per heavy atom. The molecule has 1 amide bonds. The summed E-state index contributed by atoms with van der Waals surface area (Å²) >= 11 is 5.43. The zero-order valence-electron chi connectivity index (χ0n) is 18.7. The third-order valence-corrected chi connectivity index (χ3v) is 5.40. The predicted molar refractivity (Wildman–Crippen MR) is 133 cm³/mol. The number of amides is 1. The summed E-state index contributed by atoms with van der Waals surface area (Å²) in [6.45, 7) is 2.43. The third-order valence-electron chi connectivity index (χ3n) is 5.12. The SMILES string of the molecule is CCOc1ccccc1N1C(=O)/C(=C\c2ccc(OC)c(COc3ccccc3F)c2)NC1=S. The molecule has 0 atom stereocenters. The summed E-state index contributed by atoms with van der Waals surface area (Å²) in [6.07, 6.45) is 1.70. The van der Waals surface area contributed by atoms with Gasteiger partial charge in [-0.1, -0.05) is 30.3 Å². The van der Waals surface area contributed by atoms with Gasteiger partial charge < -0.3 is 19.5 Å². The molecule has 1 heterocycles. The molecule has 1 fully saturated rings. The average Bonchev–Trinajstić information content (AvgIpc) is 3.11. The number of halogens is 1. The van der Waals surface area contributed by atoms with Crippen LogP contribution in [-0.4, -0.2) is 24.7 Å². The first kappa shape index (κ1) is 23.3. The molecular weight excluding hydrogens is 455 g/mol. The molecule has 0 aliphatic carbocycles. The highest BCUT2D eigenvalue weighted by Gasteiger charge is 2.33. The van der Waals surface area contributed by atoms with E-state index in [1.54, 1.807) is 49.6 Å². The number of anilines is 1. The number of benzene rings is 3.